The number of nitrogens with zero attached hydrogens (tertiary/aromatic N) is 2. The highest BCUT2D eigenvalue weighted by molar-refractivity contribution is 7.80. The SMILES string of the molecule is NC(=S)C(c1ccccn1)N1CCCC1. The van der Waals surface area contributed by atoms with Crippen LogP contribution in [0.1, 0.15) is 24.6 Å². The average molecular weight is 221 g/mol. The molecule has 3 nitrogen and oxygen atoms in total. The van der Waals surface area contributed by atoms with Crippen molar-refractivity contribution < 1.29 is 0 Å². The smallest absolute Gasteiger partial charge is 0.103 e. The lowest BCUT2D eigenvalue weighted by molar-refractivity contribution is 0.300. The molecule has 0 saturated carbocycles. The Bertz CT molecular complexity index is 333. The zero-order valence-corrected chi connectivity index (χ0v) is 9.41. The van der Waals surface area contributed by atoms with E-state index < -0.39 is 0 Å². The van der Waals surface area contributed by atoms with Crippen LogP contribution in [0.15, 0.2) is 24.4 Å². The summed E-state index contributed by atoms with van der Waals surface area (Å²) in [6, 6.07) is 5.89. The molecule has 1 unspecified atom stereocenters. The summed E-state index contributed by atoms with van der Waals surface area (Å²) in [6.07, 6.45) is 4.24. The minimum absolute atomic E-state index is 0.0173. The molecule has 1 atom stereocenters. The second-order valence-electron chi connectivity index (χ2n) is 3.80. The molecule has 2 rings (SSSR count). The molecular formula is C11H15N3S. The molecule has 0 aliphatic carbocycles. The second kappa shape index (κ2) is 4.68. The van der Waals surface area contributed by atoms with Gasteiger partial charge in [0.25, 0.3) is 0 Å². The molecule has 2 N–H and O–H groups in total. The monoisotopic (exact) mass is 221 g/mol. The molecule has 0 radical (unpaired) electrons. The first-order chi connectivity index (χ1) is 7.29. The molecule has 15 heavy (non-hydrogen) atoms. The fourth-order valence-electron chi connectivity index (χ4n) is 2.05. The summed E-state index contributed by atoms with van der Waals surface area (Å²) in [5.41, 5.74) is 6.76. The molecule has 1 aromatic heterocycles. The molecule has 0 bridgehead atoms. The van der Waals surface area contributed by atoms with Gasteiger partial charge in [0.15, 0.2) is 0 Å². The van der Waals surface area contributed by atoms with Gasteiger partial charge in [-0.05, 0) is 38.1 Å². The van der Waals surface area contributed by atoms with Crippen molar-refractivity contribution in [3.05, 3.63) is 30.1 Å². The van der Waals surface area contributed by atoms with Crippen LogP contribution in [0.5, 0.6) is 0 Å². The van der Waals surface area contributed by atoms with Crippen molar-refractivity contribution in [2.24, 2.45) is 5.73 Å². The topological polar surface area (TPSA) is 42.1 Å². The van der Waals surface area contributed by atoms with Gasteiger partial charge < -0.3 is 5.73 Å². The predicted molar refractivity (Wildman–Crippen MR) is 64.6 cm³/mol. The highest BCUT2D eigenvalue weighted by Crippen LogP contribution is 2.23. The van der Waals surface area contributed by atoms with Crippen molar-refractivity contribution in [2.75, 3.05) is 13.1 Å². The number of hydrogen-bond acceptors (Lipinski definition) is 3. The van der Waals surface area contributed by atoms with Crippen molar-refractivity contribution in [2.45, 2.75) is 18.9 Å². The van der Waals surface area contributed by atoms with Gasteiger partial charge in [0.2, 0.25) is 0 Å². The summed E-state index contributed by atoms with van der Waals surface area (Å²) < 4.78 is 0. The number of pyridine rings is 1. The Morgan fingerprint density at radius 1 is 1.40 bits per heavy atom. The van der Waals surface area contributed by atoms with Crippen molar-refractivity contribution in [3.63, 3.8) is 0 Å². The quantitative estimate of drug-likeness (QED) is 0.786. The zero-order valence-electron chi connectivity index (χ0n) is 8.60. The standard InChI is InChI=1S/C11H15N3S/c12-11(15)10(14-7-3-4-8-14)9-5-1-2-6-13-9/h1-2,5-6,10H,3-4,7-8H2,(H2,12,15). The first kappa shape index (κ1) is 10.5. The van der Waals surface area contributed by atoms with Gasteiger partial charge in [0, 0.05) is 6.20 Å². The van der Waals surface area contributed by atoms with Crippen LogP contribution in [0, 0.1) is 0 Å². The molecule has 0 spiro atoms. The predicted octanol–water partition coefficient (Wildman–Crippen LogP) is 1.50. The van der Waals surface area contributed by atoms with Crippen molar-refractivity contribution in [1.29, 1.82) is 0 Å². The van der Waals surface area contributed by atoms with E-state index >= 15 is 0 Å². The molecule has 1 fully saturated rings. The summed E-state index contributed by atoms with van der Waals surface area (Å²) in [7, 11) is 0. The van der Waals surface area contributed by atoms with Crippen LogP contribution in [0.25, 0.3) is 0 Å². The molecule has 4 heteroatoms. The van der Waals surface area contributed by atoms with Gasteiger partial charge in [0.1, 0.15) is 6.04 Å². The Labute approximate surface area is 95.3 Å². The number of nitrogens with two attached hydrogens (primary N) is 1. The van der Waals surface area contributed by atoms with Crippen molar-refractivity contribution in [1.82, 2.24) is 9.88 Å². The van der Waals surface area contributed by atoms with E-state index in [0.29, 0.717) is 4.99 Å². The highest BCUT2D eigenvalue weighted by Gasteiger charge is 2.26. The summed E-state index contributed by atoms with van der Waals surface area (Å²) >= 11 is 5.13. The minimum atomic E-state index is 0.0173. The average Bonchev–Trinajstić information content (AvgIpc) is 2.72. The number of thiocarbonyl (C=S) groups is 1. The number of aromatic nitrogens is 1. The third kappa shape index (κ3) is 2.33. The molecule has 80 valence electrons. The number of hydrogen-bond donors (Lipinski definition) is 1. The van der Waals surface area contributed by atoms with Gasteiger partial charge >= 0.3 is 0 Å². The molecule has 1 aromatic rings. The molecule has 1 saturated heterocycles. The van der Waals surface area contributed by atoms with E-state index in [2.05, 4.69) is 9.88 Å². The maximum absolute atomic E-state index is 5.80. The first-order valence-corrected chi connectivity index (χ1v) is 5.64. The zero-order chi connectivity index (χ0) is 10.7. The van der Waals surface area contributed by atoms with Gasteiger partial charge in [-0.1, -0.05) is 18.3 Å². The van der Waals surface area contributed by atoms with Crippen LogP contribution < -0.4 is 5.73 Å². The Morgan fingerprint density at radius 3 is 2.67 bits per heavy atom. The van der Waals surface area contributed by atoms with Gasteiger partial charge in [-0.3, -0.25) is 9.88 Å². The first-order valence-electron chi connectivity index (χ1n) is 5.23. The molecule has 0 aromatic carbocycles. The molecule has 2 heterocycles. The van der Waals surface area contributed by atoms with Crippen LogP contribution in [-0.2, 0) is 0 Å². The lowest BCUT2D eigenvalue weighted by Gasteiger charge is -2.25. The summed E-state index contributed by atoms with van der Waals surface area (Å²) in [4.78, 5) is 7.17. The van der Waals surface area contributed by atoms with Gasteiger partial charge in [-0.2, -0.15) is 0 Å². The Kier molecular flexibility index (Phi) is 3.28. The fraction of sp³-hybridized carbons (Fsp3) is 0.455. The molecule has 0 amide bonds. The lowest BCUT2D eigenvalue weighted by Crippen LogP contribution is -2.35. The Balaban J connectivity index is 2.23. The van der Waals surface area contributed by atoms with E-state index in [4.69, 9.17) is 18.0 Å². The van der Waals surface area contributed by atoms with E-state index in [1.165, 1.54) is 12.8 Å². The third-order valence-electron chi connectivity index (χ3n) is 2.74. The molecule has 1 aliphatic rings. The Hall–Kier alpha value is -1.00. The van der Waals surface area contributed by atoms with E-state index in [0.717, 1.165) is 18.8 Å². The van der Waals surface area contributed by atoms with Crippen LogP contribution >= 0.6 is 12.2 Å². The van der Waals surface area contributed by atoms with Crippen LogP contribution in [0.3, 0.4) is 0 Å². The summed E-state index contributed by atoms with van der Waals surface area (Å²) in [5.74, 6) is 0. The largest absolute Gasteiger partial charge is 0.392 e. The van der Waals surface area contributed by atoms with Crippen LogP contribution in [0.4, 0.5) is 0 Å². The number of likely N-dealkylation sites (tertiary alicyclic amines) is 1. The summed E-state index contributed by atoms with van der Waals surface area (Å²) in [6.45, 7) is 2.14. The second-order valence-corrected chi connectivity index (χ2v) is 4.27. The molecular weight excluding hydrogens is 206 g/mol. The van der Waals surface area contributed by atoms with E-state index in [1.807, 2.05) is 18.2 Å². The van der Waals surface area contributed by atoms with Crippen molar-refractivity contribution >= 4 is 17.2 Å². The van der Waals surface area contributed by atoms with E-state index in [1.54, 1.807) is 6.20 Å². The minimum Gasteiger partial charge on any atom is -0.392 e. The fourth-order valence-corrected chi connectivity index (χ4v) is 2.32. The van der Waals surface area contributed by atoms with Crippen LogP contribution in [0.2, 0.25) is 0 Å². The maximum Gasteiger partial charge on any atom is 0.103 e. The Morgan fingerprint density at radius 2 is 2.13 bits per heavy atom. The van der Waals surface area contributed by atoms with Crippen molar-refractivity contribution in [3.8, 4) is 0 Å². The lowest BCUT2D eigenvalue weighted by atomic mass is 10.1. The number of rotatable bonds is 3. The maximum atomic E-state index is 5.80. The molecule has 1 aliphatic heterocycles. The highest BCUT2D eigenvalue weighted by atomic mass is 32.1. The van der Waals surface area contributed by atoms with Crippen LogP contribution in [-0.4, -0.2) is 28.0 Å². The normalized spacial score (nSPS) is 18.9. The van der Waals surface area contributed by atoms with E-state index in [-0.39, 0.29) is 6.04 Å². The van der Waals surface area contributed by atoms with E-state index in [9.17, 15) is 0 Å². The summed E-state index contributed by atoms with van der Waals surface area (Å²) in [5, 5.41) is 0. The third-order valence-corrected chi connectivity index (χ3v) is 2.97. The van der Waals surface area contributed by atoms with Gasteiger partial charge in [-0.25, -0.2) is 0 Å². The van der Waals surface area contributed by atoms with Gasteiger partial charge in [-0.15, -0.1) is 0 Å². The van der Waals surface area contributed by atoms with Gasteiger partial charge in [0.05, 0.1) is 10.7 Å².